The Balaban J connectivity index is 2.52. The van der Waals surface area contributed by atoms with Crippen molar-refractivity contribution < 1.29 is 19.5 Å². The molecular weight excluding hydrogens is 254 g/mol. The number of hydrogen-bond donors (Lipinski definition) is 4. The zero-order valence-corrected chi connectivity index (χ0v) is 9.87. The van der Waals surface area contributed by atoms with Crippen molar-refractivity contribution in [1.29, 1.82) is 0 Å². The van der Waals surface area contributed by atoms with Crippen molar-refractivity contribution in [1.82, 2.24) is 15.3 Å². The molecule has 0 fully saturated rings. The average molecular weight is 267 g/mol. The van der Waals surface area contributed by atoms with Crippen molar-refractivity contribution >= 4 is 23.9 Å². The number of aromatic nitrogens is 2. The molecule has 0 aromatic carbocycles. The highest BCUT2D eigenvalue weighted by atomic mass is 16.4. The lowest BCUT2D eigenvalue weighted by molar-refractivity contribution is -0.139. The third-order valence-corrected chi connectivity index (χ3v) is 2.07. The molecule has 1 aromatic heterocycles. The number of hydrogen-bond acceptors (Lipinski definition) is 5. The van der Waals surface area contributed by atoms with Crippen LogP contribution in [-0.4, -0.2) is 39.0 Å². The van der Waals surface area contributed by atoms with Gasteiger partial charge < -0.3 is 16.2 Å². The van der Waals surface area contributed by atoms with Crippen molar-refractivity contribution in [3.05, 3.63) is 18.5 Å². The SMILES string of the molecule is NC(=O)CC[C@H](NC(=O)Nc1ncccn1)C(=O)O. The van der Waals surface area contributed by atoms with Crippen LogP contribution in [0, 0.1) is 0 Å². The summed E-state index contributed by atoms with van der Waals surface area (Å²) < 4.78 is 0. The number of carbonyl (C=O) groups is 3. The summed E-state index contributed by atoms with van der Waals surface area (Å²) in [6, 6.07) is -0.421. The Hall–Kier alpha value is -2.71. The summed E-state index contributed by atoms with van der Waals surface area (Å²) in [6.07, 6.45) is 2.61. The van der Waals surface area contributed by atoms with E-state index in [0.29, 0.717) is 0 Å². The van der Waals surface area contributed by atoms with E-state index >= 15 is 0 Å². The number of primary amides is 1. The quantitative estimate of drug-likeness (QED) is 0.536. The fourth-order valence-electron chi connectivity index (χ4n) is 1.20. The summed E-state index contributed by atoms with van der Waals surface area (Å²) >= 11 is 0. The zero-order chi connectivity index (χ0) is 14.3. The van der Waals surface area contributed by atoms with Crippen LogP contribution in [0.3, 0.4) is 0 Å². The summed E-state index contributed by atoms with van der Waals surface area (Å²) in [5.74, 6) is -1.86. The van der Waals surface area contributed by atoms with E-state index in [1.165, 1.54) is 12.4 Å². The van der Waals surface area contributed by atoms with Crippen molar-refractivity contribution in [2.45, 2.75) is 18.9 Å². The molecule has 102 valence electrons. The highest BCUT2D eigenvalue weighted by Crippen LogP contribution is 1.99. The molecule has 5 N–H and O–H groups in total. The minimum Gasteiger partial charge on any atom is -0.480 e. The molecule has 0 aliphatic heterocycles. The molecule has 0 unspecified atom stereocenters. The van der Waals surface area contributed by atoms with Crippen LogP contribution in [0.1, 0.15) is 12.8 Å². The number of rotatable bonds is 6. The number of urea groups is 1. The van der Waals surface area contributed by atoms with Gasteiger partial charge in [0.05, 0.1) is 0 Å². The molecule has 1 aromatic rings. The van der Waals surface area contributed by atoms with Gasteiger partial charge in [0.25, 0.3) is 0 Å². The van der Waals surface area contributed by atoms with Gasteiger partial charge >= 0.3 is 12.0 Å². The fraction of sp³-hybridized carbons (Fsp3) is 0.300. The third kappa shape index (κ3) is 5.44. The van der Waals surface area contributed by atoms with E-state index in [1.54, 1.807) is 6.07 Å². The van der Waals surface area contributed by atoms with Crippen molar-refractivity contribution in [2.75, 3.05) is 5.32 Å². The number of nitrogens with two attached hydrogens (primary N) is 1. The first-order valence-corrected chi connectivity index (χ1v) is 5.34. The molecule has 0 spiro atoms. The Morgan fingerprint density at radius 2 is 1.95 bits per heavy atom. The number of amides is 3. The normalized spacial score (nSPS) is 11.4. The largest absolute Gasteiger partial charge is 0.480 e. The van der Waals surface area contributed by atoms with Gasteiger partial charge in [0.1, 0.15) is 6.04 Å². The molecule has 3 amide bonds. The van der Waals surface area contributed by atoms with E-state index in [9.17, 15) is 14.4 Å². The maximum Gasteiger partial charge on any atom is 0.326 e. The monoisotopic (exact) mass is 267 g/mol. The minimum absolute atomic E-state index is 0.0408. The van der Waals surface area contributed by atoms with Crippen LogP contribution in [0.4, 0.5) is 10.7 Å². The molecule has 9 heteroatoms. The molecule has 0 saturated carbocycles. The lowest BCUT2D eigenvalue weighted by atomic mass is 10.1. The molecule has 1 atom stereocenters. The van der Waals surface area contributed by atoms with E-state index in [1.807, 2.05) is 0 Å². The third-order valence-electron chi connectivity index (χ3n) is 2.07. The summed E-state index contributed by atoms with van der Waals surface area (Å²) in [5.41, 5.74) is 4.92. The van der Waals surface area contributed by atoms with Crippen LogP contribution in [-0.2, 0) is 9.59 Å². The van der Waals surface area contributed by atoms with Gasteiger partial charge in [-0.3, -0.25) is 10.1 Å². The Morgan fingerprint density at radius 1 is 1.32 bits per heavy atom. The van der Waals surface area contributed by atoms with E-state index in [2.05, 4.69) is 20.6 Å². The van der Waals surface area contributed by atoms with Gasteiger partial charge in [-0.15, -0.1) is 0 Å². The number of nitrogens with one attached hydrogen (secondary N) is 2. The second-order valence-corrected chi connectivity index (χ2v) is 3.57. The Morgan fingerprint density at radius 3 is 2.47 bits per heavy atom. The molecule has 19 heavy (non-hydrogen) atoms. The predicted octanol–water partition coefficient (Wildman–Crippen LogP) is -0.683. The smallest absolute Gasteiger partial charge is 0.326 e. The van der Waals surface area contributed by atoms with Crippen molar-refractivity contribution in [3.63, 3.8) is 0 Å². The first-order chi connectivity index (χ1) is 8.99. The van der Waals surface area contributed by atoms with Gasteiger partial charge in [-0.25, -0.2) is 19.6 Å². The first-order valence-electron chi connectivity index (χ1n) is 5.34. The van der Waals surface area contributed by atoms with Gasteiger partial charge in [-0.05, 0) is 12.5 Å². The van der Waals surface area contributed by atoms with Crippen molar-refractivity contribution in [3.8, 4) is 0 Å². The predicted molar refractivity (Wildman–Crippen MR) is 64.0 cm³/mol. The fourth-order valence-corrected chi connectivity index (χ4v) is 1.20. The Labute approximate surface area is 108 Å². The topological polar surface area (TPSA) is 147 Å². The molecule has 1 rings (SSSR count). The number of carbonyl (C=O) groups excluding carboxylic acids is 2. The molecular formula is C10H13N5O4. The summed E-state index contributed by atoms with van der Waals surface area (Å²) in [4.78, 5) is 40.4. The van der Waals surface area contributed by atoms with Gasteiger partial charge in [0, 0.05) is 18.8 Å². The Kier molecular flexibility index (Phi) is 5.20. The zero-order valence-electron chi connectivity index (χ0n) is 9.87. The molecule has 0 aliphatic rings. The van der Waals surface area contributed by atoms with Crippen LogP contribution in [0.25, 0.3) is 0 Å². The van der Waals surface area contributed by atoms with Crippen LogP contribution >= 0.6 is 0 Å². The second kappa shape index (κ2) is 6.89. The van der Waals surface area contributed by atoms with Gasteiger partial charge in [0.15, 0.2) is 0 Å². The molecule has 1 heterocycles. The first kappa shape index (κ1) is 14.4. The number of carboxylic acid groups (broad SMARTS) is 1. The van der Waals surface area contributed by atoms with Crippen LogP contribution in [0.15, 0.2) is 18.5 Å². The van der Waals surface area contributed by atoms with E-state index in [-0.39, 0.29) is 18.8 Å². The highest BCUT2D eigenvalue weighted by Gasteiger charge is 2.20. The standard InChI is InChI=1S/C10H13N5O4/c11-7(16)3-2-6(8(17)18)14-10(19)15-9-12-4-1-5-13-9/h1,4-6H,2-3H2,(H2,11,16)(H,17,18)(H2,12,13,14,15,19)/t6-/m0/s1. The summed E-state index contributed by atoms with van der Waals surface area (Å²) in [7, 11) is 0. The maximum absolute atomic E-state index is 11.5. The van der Waals surface area contributed by atoms with E-state index in [0.717, 1.165) is 0 Å². The minimum atomic E-state index is -1.26. The summed E-state index contributed by atoms with van der Waals surface area (Å²) in [6.45, 7) is 0. The van der Waals surface area contributed by atoms with Gasteiger partial charge in [-0.2, -0.15) is 0 Å². The maximum atomic E-state index is 11.5. The second-order valence-electron chi connectivity index (χ2n) is 3.57. The average Bonchev–Trinajstić information content (AvgIpc) is 2.35. The van der Waals surface area contributed by atoms with Crippen LogP contribution in [0.5, 0.6) is 0 Å². The number of nitrogens with zero attached hydrogens (tertiary/aromatic N) is 2. The number of aliphatic carboxylic acids is 1. The van der Waals surface area contributed by atoms with Crippen LogP contribution in [0.2, 0.25) is 0 Å². The highest BCUT2D eigenvalue weighted by molar-refractivity contribution is 5.91. The van der Waals surface area contributed by atoms with Crippen LogP contribution < -0.4 is 16.4 Å². The molecule has 0 radical (unpaired) electrons. The lowest BCUT2D eigenvalue weighted by Crippen LogP contribution is -2.43. The lowest BCUT2D eigenvalue weighted by Gasteiger charge is -2.13. The molecule has 0 bridgehead atoms. The number of carboxylic acids is 1. The summed E-state index contributed by atoms with van der Waals surface area (Å²) in [5, 5.41) is 13.3. The van der Waals surface area contributed by atoms with E-state index < -0.39 is 23.9 Å². The molecule has 0 aliphatic carbocycles. The van der Waals surface area contributed by atoms with E-state index in [4.69, 9.17) is 10.8 Å². The number of anilines is 1. The Bertz CT molecular complexity index is 464. The van der Waals surface area contributed by atoms with Crippen molar-refractivity contribution in [2.24, 2.45) is 5.73 Å². The molecule has 9 nitrogen and oxygen atoms in total. The van der Waals surface area contributed by atoms with Gasteiger partial charge in [-0.1, -0.05) is 0 Å². The molecule has 0 saturated heterocycles. The van der Waals surface area contributed by atoms with Gasteiger partial charge in [0.2, 0.25) is 11.9 Å².